The highest BCUT2D eigenvalue weighted by Gasteiger charge is 2.64. The van der Waals surface area contributed by atoms with Gasteiger partial charge < -0.3 is 14.9 Å². The number of amides is 1. The predicted octanol–water partition coefficient (Wildman–Crippen LogP) is 5.40. The third kappa shape index (κ3) is 13.8. The van der Waals surface area contributed by atoms with E-state index in [0.29, 0.717) is 37.2 Å². The van der Waals surface area contributed by atoms with Crippen molar-refractivity contribution in [3.63, 3.8) is 0 Å². The first-order valence-corrected chi connectivity index (χ1v) is 18.5. The summed E-state index contributed by atoms with van der Waals surface area (Å²) < 4.78 is 51.1. The van der Waals surface area contributed by atoms with Gasteiger partial charge in [-0.25, -0.2) is 8.96 Å². The van der Waals surface area contributed by atoms with Crippen LogP contribution in [0.25, 0.3) is 0 Å². The molecule has 0 aromatic heterocycles. The lowest BCUT2D eigenvalue weighted by Gasteiger charge is -2.32. The van der Waals surface area contributed by atoms with Gasteiger partial charge in [0.2, 0.25) is 5.91 Å². The molecular weight excluding hydrogens is 664 g/mol. The molecule has 0 aliphatic carbocycles. The van der Waals surface area contributed by atoms with E-state index in [4.69, 9.17) is 18.3 Å². The van der Waals surface area contributed by atoms with Gasteiger partial charge in [-0.3, -0.25) is 37.6 Å². The first-order valence-electron chi connectivity index (χ1n) is 15.1. The van der Waals surface area contributed by atoms with Gasteiger partial charge in [0.05, 0.1) is 13.2 Å². The molecule has 0 aromatic carbocycles. The molecule has 0 saturated carbocycles. The lowest BCUT2D eigenvalue weighted by Crippen LogP contribution is -2.53. The van der Waals surface area contributed by atoms with E-state index in [2.05, 4.69) is 0 Å². The minimum atomic E-state index is -4.46. The molecule has 0 bridgehead atoms. The minimum Gasteiger partial charge on any atom is -0.384 e. The van der Waals surface area contributed by atoms with Crippen molar-refractivity contribution in [3.8, 4) is 0 Å². The van der Waals surface area contributed by atoms with E-state index in [0.717, 1.165) is 31.0 Å². The summed E-state index contributed by atoms with van der Waals surface area (Å²) in [5, 5.41) is 21.7. The fourth-order valence-electron chi connectivity index (χ4n) is 3.73. The molecule has 266 valence electrons. The second kappa shape index (κ2) is 18.0. The predicted molar refractivity (Wildman–Crippen MR) is 175 cm³/mol. The molecule has 1 fully saturated rings. The second-order valence-corrected chi connectivity index (χ2v) is 17.1. The number of aliphatic hydroxyl groups is 2. The number of carbonyl (C=O) groups is 4. The van der Waals surface area contributed by atoms with Gasteiger partial charge >= 0.3 is 7.82 Å². The van der Waals surface area contributed by atoms with Gasteiger partial charge in [-0.2, -0.15) is 0 Å². The zero-order valence-corrected chi connectivity index (χ0v) is 30.9. The summed E-state index contributed by atoms with van der Waals surface area (Å²) in [6, 6.07) is 0. The summed E-state index contributed by atoms with van der Waals surface area (Å²) in [4.78, 5) is 48.6. The molecule has 1 aliphatic rings. The van der Waals surface area contributed by atoms with Crippen molar-refractivity contribution in [2.45, 2.75) is 112 Å². The van der Waals surface area contributed by atoms with Crippen LogP contribution in [-0.2, 0) is 42.1 Å². The summed E-state index contributed by atoms with van der Waals surface area (Å²) in [5.41, 5.74) is -3.34. The van der Waals surface area contributed by atoms with Crippen molar-refractivity contribution in [1.29, 1.82) is 0 Å². The summed E-state index contributed by atoms with van der Waals surface area (Å²) in [5.74, 6) is -3.31. The molecule has 46 heavy (non-hydrogen) atoms. The van der Waals surface area contributed by atoms with Crippen molar-refractivity contribution in [3.05, 3.63) is 12.3 Å². The third-order valence-electron chi connectivity index (χ3n) is 6.54. The van der Waals surface area contributed by atoms with E-state index in [1.165, 1.54) is 30.4 Å². The summed E-state index contributed by atoms with van der Waals surface area (Å²) >= 11 is 2.36. The van der Waals surface area contributed by atoms with Crippen LogP contribution in [-0.4, -0.2) is 92.1 Å². The lowest BCUT2D eigenvalue weighted by atomic mass is 9.95. The topological polar surface area (TPSA) is 166 Å². The van der Waals surface area contributed by atoms with Crippen LogP contribution in [0.2, 0.25) is 0 Å². The number of nitrogens with zero attached hydrogens (tertiary/aromatic N) is 1. The van der Waals surface area contributed by atoms with Crippen LogP contribution >= 0.6 is 31.3 Å². The number of aliphatic hydroxyl groups excluding tert-OH is 1. The molecule has 4 atom stereocenters. The number of phosphoric acid groups is 1. The Hall–Kier alpha value is -1.16. The SMILES string of the molecule is CC(=O)/C=C\N(C(C)=O)[C@@H]1O[C@](F)(COP(=O)(OCCCCSC(=O)C(C)(C)C)OCCCCSC(=O)C(C)(C)C)[C@@H](O)[C@@]1(C)O. The number of phosphoric ester groups is 1. The number of hydrogen-bond acceptors (Lipinski definition) is 13. The first-order chi connectivity index (χ1) is 21.0. The Kier molecular flexibility index (Phi) is 16.8. The first kappa shape index (κ1) is 42.9. The van der Waals surface area contributed by atoms with Crippen molar-refractivity contribution >= 4 is 53.3 Å². The third-order valence-corrected chi connectivity index (χ3v) is 10.7. The number of halogens is 1. The Labute approximate surface area is 280 Å². The number of ether oxygens (including phenoxy) is 1. The lowest BCUT2D eigenvalue weighted by molar-refractivity contribution is -0.211. The Morgan fingerprint density at radius 3 is 1.76 bits per heavy atom. The highest BCUT2D eigenvalue weighted by Crippen LogP contribution is 2.52. The fourth-order valence-corrected chi connectivity index (χ4v) is 6.93. The van der Waals surface area contributed by atoms with Gasteiger partial charge in [0.25, 0.3) is 5.85 Å². The second-order valence-electron chi connectivity index (χ2n) is 13.3. The zero-order chi connectivity index (χ0) is 35.6. The Balaban J connectivity index is 2.94. The van der Waals surface area contributed by atoms with Gasteiger partial charge in [0.15, 0.2) is 22.2 Å². The summed E-state index contributed by atoms with van der Waals surface area (Å²) in [6.45, 7) is 12.8. The number of alkyl halides is 1. The zero-order valence-electron chi connectivity index (χ0n) is 28.3. The molecule has 1 saturated heterocycles. The molecule has 0 radical (unpaired) electrons. The van der Waals surface area contributed by atoms with Gasteiger partial charge in [0, 0.05) is 35.5 Å². The van der Waals surface area contributed by atoms with E-state index in [1.54, 1.807) is 0 Å². The van der Waals surface area contributed by atoms with E-state index < -0.39 is 60.7 Å². The van der Waals surface area contributed by atoms with Crippen LogP contribution in [0, 0.1) is 10.8 Å². The Morgan fingerprint density at radius 1 is 0.913 bits per heavy atom. The molecular formula is C30H51FNO11PS2. The van der Waals surface area contributed by atoms with Crippen molar-refractivity contribution in [2.75, 3.05) is 31.3 Å². The quantitative estimate of drug-likeness (QED) is 0.105. The van der Waals surface area contributed by atoms with Crippen LogP contribution in [0.4, 0.5) is 4.39 Å². The number of unbranched alkanes of at least 4 members (excludes halogenated alkanes) is 2. The summed E-state index contributed by atoms with van der Waals surface area (Å²) in [7, 11) is -4.46. The standard InChI is InChI=1S/C30H51FNO11PS2/c1-21(33)14-15-32(22(2)34)24-29(9,38)23(35)30(31,43-24)20-42-44(39,40-16-10-12-18-45-25(36)27(3,4)5)41-17-11-13-19-46-26(37)28(6,7)8/h14-15,23-24,35,38H,10-13,16-20H2,1-9H3/b15-14-/t23-,24+,29+,30+/m0/s1. The number of thioether (sulfide) groups is 2. The van der Waals surface area contributed by atoms with Crippen molar-refractivity contribution in [2.24, 2.45) is 10.8 Å². The molecule has 2 N–H and O–H groups in total. The fraction of sp³-hybridized carbons (Fsp3) is 0.800. The molecule has 0 spiro atoms. The average Bonchev–Trinajstić information content (AvgIpc) is 3.10. The number of allylic oxidation sites excluding steroid dienone is 1. The van der Waals surface area contributed by atoms with Gasteiger partial charge in [-0.05, 0) is 45.6 Å². The van der Waals surface area contributed by atoms with E-state index in [1.807, 2.05) is 41.5 Å². The number of hydrogen-bond donors (Lipinski definition) is 2. The maximum atomic E-state index is 16.0. The molecule has 0 unspecified atom stereocenters. The van der Waals surface area contributed by atoms with Gasteiger partial charge in [-0.15, -0.1) is 0 Å². The molecule has 1 rings (SSSR count). The minimum absolute atomic E-state index is 0.0331. The highest BCUT2D eigenvalue weighted by atomic mass is 32.2. The monoisotopic (exact) mass is 715 g/mol. The average molecular weight is 716 g/mol. The van der Waals surface area contributed by atoms with E-state index in [9.17, 15) is 34.0 Å². The van der Waals surface area contributed by atoms with Crippen LogP contribution in [0.15, 0.2) is 12.3 Å². The number of carbonyl (C=O) groups excluding carboxylic acids is 4. The van der Waals surface area contributed by atoms with Crippen LogP contribution in [0.3, 0.4) is 0 Å². The maximum Gasteiger partial charge on any atom is 0.474 e. The highest BCUT2D eigenvalue weighted by molar-refractivity contribution is 8.14. The molecule has 16 heteroatoms. The van der Waals surface area contributed by atoms with Crippen LogP contribution in [0.5, 0.6) is 0 Å². The maximum absolute atomic E-state index is 16.0. The largest absolute Gasteiger partial charge is 0.474 e. The molecule has 1 amide bonds. The van der Waals surface area contributed by atoms with Crippen molar-refractivity contribution in [1.82, 2.24) is 4.90 Å². The molecule has 1 heterocycles. The normalized spacial score (nSPS) is 24.0. The van der Waals surface area contributed by atoms with Crippen molar-refractivity contribution < 1.29 is 56.7 Å². The number of rotatable bonds is 18. The van der Waals surface area contributed by atoms with Crippen LogP contribution < -0.4 is 0 Å². The number of ketones is 1. The smallest absolute Gasteiger partial charge is 0.384 e. The molecule has 0 aromatic rings. The van der Waals surface area contributed by atoms with Gasteiger partial charge in [0.1, 0.15) is 18.3 Å². The summed E-state index contributed by atoms with van der Waals surface area (Å²) in [6.07, 6.45) is -0.209. The van der Waals surface area contributed by atoms with Gasteiger partial charge in [-0.1, -0.05) is 65.1 Å². The van der Waals surface area contributed by atoms with E-state index >= 15 is 4.39 Å². The van der Waals surface area contributed by atoms with E-state index in [-0.39, 0.29) is 23.4 Å². The molecule has 1 aliphatic heterocycles. The Morgan fingerprint density at radius 2 is 1.37 bits per heavy atom. The molecule has 12 nitrogen and oxygen atoms in total. The van der Waals surface area contributed by atoms with Crippen LogP contribution in [0.1, 0.15) is 88.0 Å². The Bertz CT molecular complexity index is 1100.